The Kier molecular flexibility index (Phi) is 2.68. The Balaban J connectivity index is 2.38. The quantitative estimate of drug-likeness (QED) is 0.756. The lowest BCUT2D eigenvalue weighted by Gasteiger charge is -2.42. The number of hydrogen-bond donors (Lipinski definition) is 1. The molecule has 1 N–H and O–H groups in total. The molecule has 0 spiro atoms. The fourth-order valence-corrected chi connectivity index (χ4v) is 2.47. The number of nitrogens with one attached hydrogen (secondary N) is 1. The van der Waals surface area contributed by atoms with Crippen LogP contribution in [-0.2, 0) is 6.42 Å². The molecule has 2 atom stereocenters. The monoisotopic (exact) mass is 223 g/mol. The van der Waals surface area contributed by atoms with Gasteiger partial charge in [0.25, 0.3) is 0 Å². The number of halogens is 1. The highest BCUT2D eigenvalue weighted by Crippen LogP contribution is 2.37. The van der Waals surface area contributed by atoms with E-state index >= 15 is 0 Å². The van der Waals surface area contributed by atoms with Crippen LogP contribution in [0.15, 0.2) is 18.2 Å². The van der Waals surface area contributed by atoms with Crippen LogP contribution in [0, 0.1) is 5.92 Å². The molecule has 2 unspecified atom stereocenters. The number of hydrogen-bond acceptors (Lipinski definition) is 1. The molecule has 1 aromatic carbocycles. The minimum absolute atomic E-state index is 0.223. The van der Waals surface area contributed by atoms with Gasteiger partial charge in [0.1, 0.15) is 0 Å². The lowest BCUT2D eigenvalue weighted by Crippen LogP contribution is -2.45. The number of fused-ring (bicyclic) bond motifs is 1. The van der Waals surface area contributed by atoms with Gasteiger partial charge in [0, 0.05) is 16.2 Å². The molecule has 1 heterocycles. The van der Waals surface area contributed by atoms with Gasteiger partial charge in [0.15, 0.2) is 0 Å². The summed E-state index contributed by atoms with van der Waals surface area (Å²) in [5, 5.41) is 4.48. The summed E-state index contributed by atoms with van der Waals surface area (Å²) in [6.45, 7) is 6.85. The summed E-state index contributed by atoms with van der Waals surface area (Å²) in [6, 6.07) is 6.13. The van der Waals surface area contributed by atoms with Crippen LogP contribution in [0.3, 0.4) is 0 Å². The van der Waals surface area contributed by atoms with Gasteiger partial charge in [-0.2, -0.15) is 0 Å². The van der Waals surface area contributed by atoms with Crippen molar-refractivity contribution < 1.29 is 0 Å². The third kappa shape index (κ3) is 1.85. The Morgan fingerprint density at radius 2 is 2.27 bits per heavy atom. The Morgan fingerprint density at radius 1 is 1.53 bits per heavy atom. The van der Waals surface area contributed by atoms with Crippen molar-refractivity contribution in [3.05, 3.63) is 28.8 Å². The zero-order valence-electron chi connectivity index (χ0n) is 9.60. The highest BCUT2D eigenvalue weighted by molar-refractivity contribution is 6.30. The summed E-state index contributed by atoms with van der Waals surface area (Å²) < 4.78 is 0. The SMILES string of the molecule is CCC1(C)Nc2ccc(Cl)cc2CC1C. The van der Waals surface area contributed by atoms with Gasteiger partial charge < -0.3 is 5.32 Å². The maximum absolute atomic E-state index is 6.00. The van der Waals surface area contributed by atoms with Crippen LogP contribution in [0.2, 0.25) is 5.02 Å². The Hall–Kier alpha value is -0.690. The third-order valence-electron chi connectivity index (χ3n) is 3.84. The summed E-state index contributed by atoms with van der Waals surface area (Å²) in [6.07, 6.45) is 2.27. The summed E-state index contributed by atoms with van der Waals surface area (Å²) in [4.78, 5) is 0. The van der Waals surface area contributed by atoms with Crippen molar-refractivity contribution >= 4 is 17.3 Å². The minimum Gasteiger partial charge on any atom is -0.379 e. The highest BCUT2D eigenvalue weighted by atomic mass is 35.5. The van der Waals surface area contributed by atoms with Crippen molar-refractivity contribution in [3.63, 3.8) is 0 Å². The van der Waals surface area contributed by atoms with E-state index in [0.29, 0.717) is 5.92 Å². The zero-order valence-corrected chi connectivity index (χ0v) is 10.4. The van der Waals surface area contributed by atoms with Gasteiger partial charge in [0.05, 0.1) is 0 Å². The first-order valence-electron chi connectivity index (χ1n) is 5.62. The van der Waals surface area contributed by atoms with Crippen LogP contribution in [-0.4, -0.2) is 5.54 Å². The molecular weight excluding hydrogens is 206 g/mol. The minimum atomic E-state index is 0.223. The topological polar surface area (TPSA) is 12.0 Å². The van der Waals surface area contributed by atoms with E-state index in [1.165, 1.54) is 11.3 Å². The number of rotatable bonds is 1. The van der Waals surface area contributed by atoms with Crippen LogP contribution in [0.4, 0.5) is 5.69 Å². The summed E-state index contributed by atoms with van der Waals surface area (Å²) in [5.41, 5.74) is 2.82. The second-order valence-corrected chi connectivity index (χ2v) is 5.24. The Morgan fingerprint density at radius 3 is 2.93 bits per heavy atom. The second kappa shape index (κ2) is 3.71. The highest BCUT2D eigenvalue weighted by Gasteiger charge is 2.33. The predicted octanol–water partition coefficient (Wildman–Crippen LogP) is 4.11. The summed E-state index contributed by atoms with van der Waals surface area (Å²) in [5.74, 6) is 0.647. The largest absolute Gasteiger partial charge is 0.379 e. The molecule has 0 saturated heterocycles. The lowest BCUT2D eigenvalue weighted by atomic mass is 9.77. The van der Waals surface area contributed by atoms with E-state index in [0.717, 1.165) is 17.9 Å². The smallest absolute Gasteiger partial charge is 0.0410 e. The van der Waals surface area contributed by atoms with E-state index in [1.54, 1.807) is 0 Å². The van der Waals surface area contributed by atoms with Crippen molar-refractivity contribution in [2.45, 2.75) is 39.2 Å². The van der Waals surface area contributed by atoms with E-state index < -0.39 is 0 Å². The van der Waals surface area contributed by atoms with E-state index in [2.05, 4.69) is 38.2 Å². The first-order valence-corrected chi connectivity index (χ1v) is 5.99. The van der Waals surface area contributed by atoms with Crippen LogP contribution in [0.25, 0.3) is 0 Å². The van der Waals surface area contributed by atoms with Gasteiger partial charge in [-0.25, -0.2) is 0 Å². The van der Waals surface area contributed by atoms with Gasteiger partial charge in [-0.3, -0.25) is 0 Å². The zero-order chi connectivity index (χ0) is 11.1. The molecule has 0 aliphatic carbocycles. The first-order chi connectivity index (χ1) is 7.05. The molecule has 0 radical (unpaired) electrons. The third-order valence-corrected chi connectivity index (χ3v) is 4.07. The van der Waals surface area contributed by atoms with E-state index in [4.69, 9.17) is 11.6 Å². The molecule has 0 saturated carbocycles. The molecule has 1 aliphatic heterocycles. The molecule has 0 fully saturated rings. The molecule has 0 amide bonds. The van der Waals surface area contributed by atoms with Crippen LogP contribution >= 0.6 is 11.6 Å². The van der Waals surface area contributed by atoms with Gasteiger partial charge in [-0.05, 0) is 49.4 Å². The summed E-state index contributed by atoms with van der Waals surface area (Å²) >= 11 is 6.00. The maximum Gasteiger partial charge on any atom is 0.0410 e. The molecule has 0 bridgehead atoms. The maximum atomic E-state index is 6.00. The van der Waals surface area contributed by atoms with Crippen molar-refractivity contribution in [2.24, 2.45) is 5.92 Å². The van der Waals surface area contributed by atoms with Crippen LogP contribution in [0.1, 0.15) is 32.8 Å². The molecule has 1 aromatic rings. The number of benzene rings is 1. The average molecular weight is 224 g/mol. The van der Waals surface area contributed by atoms with Crippen LogP contribution in [0.5, 0.6) is 0 Å². The van der Waals surface area contributed by atoms with Gasteiger partial charge >= 0.3 is 0 Å². The van der Waals surface area contributed by atoms with E-state index in [9.17, 15) is 0 Å². The van der Waals surface area contributed by atoms with E-state index in [1.807, 2.05) is 6.07 Å². The van der Waals surface area contributed by atoms with E-state index in [-0.39, 0.29) is 5.54 Å². The molecule has 15 heavy (non-hydrogen) atoms. The molecule has 2 rings (SSSR count). The molecule has 1 nitrogen and oxygen atoms in total. The van der Waals surface area contributed by atoms with Crippen molar-refractivity contribution in [1.29, 1.82) is 0 Å². The Bertz CT molecular complexity index is 375. The fraction of sp³-hybridized carbons (Fsp3) is 0.538. The molecule has 82 valence electrons. The van der Waals surface area contributed by atoms with Gasteiger partial charge in [-0.1, -0.05) is 25.4 Å². The fourth-order valence-electron chi connectivity index (χ4n) is 2.28. The van der Waals surface area contributed by atoms with Gasteiger partial charge in [0.2, 0.25) is 0 Å². The van der Waals surface area contributed by atoms with Crippen molar-refractivity contribution in [1.82, 2.24) is 0 Å². The van der Waals surface area contributed by atoms with Crippen LogP contribution < -0.4 is 5.32 Å². The average Bonchev–Trinajstić information content (AvgIpc) is 2.20. The molecule has 2 heteroatoms. The molecule has 1 aliphatic rings. The normalized spacial score (nSPS) is 29.5. The van der Waals surface area contributed by atoms with Crippen molar-refractivity contribution in [3.8, 4) is 0 Å². The van der Waals surface area contributed by atoms with Gasteiger partial charge in [-0.15, -0.1) is 0 Å². The Labute approximate surface area is 96.8 Å². The lowest BCUT2D eigenvalue weighted by molar-refractivity contribution is 0.323. The standard InChI is InChI=1S/C13H18ClN/c1-4-13(3)9(2)7-10-8-11(14)5-6-12(10)15-13/h5-6,8-9,15H,4,7H2,1-3H3. The second-order valence-electron chi connectivity index (χ2n) is 4.80. The summed E-state index contributed by atoms with van der Waals surface area (Å²) in [7, 11) is 0. The predicted molar refractivity (Wildman–Crippen MR) is 66.6 cm³/mol. The molecule has 0 aromatic heterocycles. The number of anilines is 1. The molecular formula is C13H18ClN. The van der Waals surface area contributed by atoms with Crippen molar-refractivity contribution in [2.75, 3.05) is 5.32 Å². The first kappa shape index (κ1) is 10.8.